The van der Waals surface area contributed by atoms with Crippen molar-refractivity contribution in [3.05, 3.63) is 0 Å². The van der Waals surface area contributed by atoms with Gasteiger partial charge in [-0.15, -0.1) is 0 Å². The van der Waals surface area contributed by atoms with Crippen molar-refractivity contribution in [3.63, 3.8) is 0 Å². The summed E-state index contributed by atoms with van der Waals surface area (Å²) < 4.78 is 8.01. The van der Waals surface area contributed by atoms with E-state index >= 15 is 0 Å². The van der Waals surface area contributed by atoms with Gasteiger partial charge in [0.15, 0.2) is 0 Å². The smallest absolute Gasteiger partial charge is 0.273 e. The summed E-state index contributed by atoms with van der Waals surface area (Å²) in [6.07, 6.45) is 0. The molecule has 0 unspecified atom stereocenters. The van der Waals surface area contributed by atoms with Gasteiger partial charge in [0.1, 0.15) is 16.5 Å². The molecule has 3 N–H and O–H groups in total. The third-order valence-corrected chi connectivity index (χ3v) is 14.6. The minimum absolute atomic E-state index is 0.252. The van der Waals surface area contributed by atoms with Gasteiger partial charge in [-0.2, -0.15) is 0 Å². The van der Waals surface area contributed by atoms with Crippen LogP contribution in [0.5, 0.6) is 0 Å². The highest BCUT2D eigenvalue weighted by Gasteiger charge is 2.49. The van der Waals surface area contributed by atoms with Crippen LogP contribution in [0, 0.1) is 0 Å². The van der Waals surface area contributed by atoms with Crippen LogP contribution in [0.1, 0.15) is 20.8 Å². The molecule has 0 aliphatic rings. The monoisotopic (exact) mass is 291 g/mol. The summed E-state index contributed by atoms with van der Waals surface area (Å²) in [5.41, 5.74) is 0. The minimum atomic E-state index is -1.87. The molecule has 0 spiro atoms. The lowest BCUT2D eigenvalue weighted by Crippen LogP contribution is -2.83. The van der Waals surface area contributed by atoms with Crippen molar-refractivity contribution in [1.29, 1.82) is 0 Å². The number of rotatable bonds is 5. The van der Waals surface area contributed by atoms with Crippen molar-refractivity contribution in [1.82, 2.24) is 14.3 Å². The first-order chi connectivity index (χ1) is 7.22. The Hall–Kier alpha value is 0.531. The Morgan fingerprint density at radius 3 is 1.12 bits per heavy atom. The second kappa shape index (κ2) is 5.26. The van der Waals surface area contributed by atoms with Gasteiger partial charge < -0.3 is 14.3 Å². The lowest BCUT2D eigenvalue weighted by atomic mass is 10.3. The van der Waals surface area contributed by atoms with E-state index in [0.29, 0.717) is 0 Å². The summed E-state index contributed by atoms with van der Waals surface area (Å²) in [5.74, 6) is 0. The van der Waals surface area contributed by atoms with Gasteiger partial charge in [-0.3, -0.25) is 0 Å². The Balaban J connectivity index is 5.32. The number of nitrogens with one attached hydrogen (secondary N) is 3. The summed E-state index contributed by atoms with van der Waals surface area (Å²) in [7, 11) is -2.39. The van der Waals surface area contributed by atoms with E-state index in [1.165, 1.54) is 0 Å². The van der Waals surface area contributed by atoms with Gasteiger partial charge in [-0.05, 0) is 12.1 Å². The van der Waals surface area contributed by atoms with Crippen molar-refractivity contribution in [2.45, 2.75) is 65.1 Å². The van der Waals surface area contributed by atoms with Crippen LogP contribution in [-0.4, -0.2) is 32.1 Å². The Morgan fingerprint density at radius 1 is 0.706 bits per heavy atom. The molecule has 0 saturated heterocycles. The third kappa shape index (κ3) is 5.80. The molecule has 104 valence electrons. The van der Waals surface area contributed by atoms with E-state index in [0.717, 1.165) is 0 Å². The van der Waals surface area contributed by atoms with E-state index < -0.39 is 25.0 Å². The molecule has 17 heavy (non-hydrogen) atoms. The molecule has 0 heterocycles. The molecule has 0 aromatic rings. The average molecular weight is 292 g/mol. The van der Waals surface area contributed by atoms with Crippen molar-refractivity contribution < 1.29 is 0 Å². The standard InChI is InChI=1S/C11H33N3Si3/c1-11(2,3)17(12-4,13-15(5,6)7)14-16(8,9)10/h12-14H,1-10H3. The lowest BCUT2D eigenvalue weighted by molar-refractivity contribution is 0.664. The second-order valence-corrected chi connectivity index (χ2v) is 22.5. The maximum absolute atomic E-state index is 4.01. The summed E-state index contributed by atoms with van der Waals surface area (Å²) in [4.78, 5) is 3.65. The van der Waals surface area contributed by atoms with Gasteiger partial charge >= 0.3 is 0 Å². The average Bonchev–Trinajstić information content (AvgIpc) is 1.95. The first-order valence-electron chi connectivity index (χ1n) is 6.50. The van der Waals surface area contributed by atoms with Crippen molar-refractivity contribution in [3.8, 4) is 0 Å². The van der Waals surface area contributed by atoms with E-state index in [9.17, 15) is 0 Å². The topological polar surface area (TPSA) is 36.1 Å². The first kappa shape index (κ1) is 17.5. The predicted molar refractivity (Wildman–Crippen MR) is 87.5 cm³/mol. The molecule has 0 aromatic carbocycles. The fourth-order valence-corrected chi connectivity index (χ4v) is 16.6. The van der Waals surface area contributed by atoms with Gasteiger partial charge in [-0.1, -0.05) is 60.1 Å². The van der Waals surface area contributed by atoms with Crippen LogP contribution < -0.4 is 14.3 Å². The van der Waals surface area contributed by atoms with Gasteiger partial charge in [0.2, 0.25) is 0 Å². The molecule has 0 aliphatic carbocycles. The lowest BCUT2D eigenvalue weighted by Gasteiger charge is -2.49. The van der Waals surface area contributed by atoms with Crippen molar-refractivity contribution in [2.75, 3.05) is 7.05 Å². The third-order valence-electron chi connectivity index (χ3n) is 2.62. The Bertz CT molecular complexity index is 232. The van der Waals surface area contributed by atoms with E-state index in [1.807, 2.05) is 0 Å². The van der Waals surface area contributed by atoms with Crippen molar-refractivity contribution in [2.24, 2.45) is 0 Å². The molecule has 0 rings (SSSR count). The summed E-state index contributed by atoms with van der Waals surface area (Å²) >= 11 is 0. The van der Waals surface area contributed by atoms with Crippen LogP contribution in [0.2, 0.25) is 44.3 Å². The highest BCUT2D eigenvalue weighted by molar-refractivity contribution is 6.97. The van der Waals surface area contributed by atoms with Crippen LogP contribution in [0.15, 0.2) is 0 Å². The molecule has 6 heteroatoms. The van der Waals surface area contributed by atoms with Crippen LogP contribution in [-0.2, 0) is 0 Å². The van der Waals surface area contributed by atoms with Gasteiger partial charge in [0.05, 0.1) is 0 Å². The maximum Gasteiger partial charge on any atom is 0.273 e. The minimum Gasteiger partial charge on any atom is -0.335 e. The Morgan fingerprint density at radius 2 is 1.00 bits per heavy atom. The molecule has 0 saturated carbocycles. The van der Waals surface area contributed by atoms with Crippen LogP contribution in [0.25, 0.3) is 0 Å². The van der Waals surface area contributed by atoms with E-state index in [4.69, 9.17) is 0 Å². The largest absolute Gasteiger partial charge is 0.335 e. The molecular weight excluding hydrogens is 258 g/mol. The SMILES string of the molecule is CN[Si](N[Si](C)(C)C)(N[Si](C)(C)C)C(C)(C)C. The van der Waals surface area contributed by atoms with E-state index in [1.54, 1.807) is 0 Å². The quantitative estimate of drug-likeness (QED) is 0.682. The van der Waals surface area contributed by atoms with Crippen LogP contribution in [0.3, 0.4) is 0 Å². The zero-order valence-corrected chi connectivity index (χ0v) is 16.5. The molecule has 0 aromatic heterocycles. The second-order valence-electron chi connectivity index (χ2n) is 8.00. The summed E-state index contributed by atoms with van der Waals surface area (Å²) in [6, 6.07) is 0. The van der Waals surface area contributed by atoms with E-state index in [-0.39, 0.29) is 5.04 Å². The molecule has 0 bridgehead atoms. The fourth-order valence-electron chi connectivity index (χ4n) is 2.03. The van der Waals surface area contributed by atoms with Crippen LogP contribution >= 0.6 is 0 Å². The van der Waals surface area contributed by atoms with Crippen molar-refractivity contribution >= 4 is 25.0 Å². The molecule has 0 amide bonds. The zero-order chi connectivity index (χ0) is 14.1. The molecule has 0 fully saturated rings. The number of hydrogen-bond acceptors (Lipinski definition) is 3. The highest BCUT2D eigenvalue weighted by atomic mass is 28.4. The molecule has 0 aliphatic heterocycles. The van der Waals surface area contributed by atoms with Gasteiger partial charge in [0.25, 0.3) is 8.56 Å². The molecule has 0 atom stereocenters. The maximum atomic E-state index is 4.01. The Kier molecular flexibility index (Phi) is 5.42. The molecule has 3 nitrogen and oxygen atoms in total. The molecule has 0 radical (unpaired) electrons. The zero-order valence-electron chi connectivity index (χ0n) is 13.5. The summed E-state index contributed by atoms with van der Waals surface area (Å²) in [5, 5.41) is 0.252. The fraction of sp³-hybridized carbons (Fsp3) is 1.00. The Labute approximate surface area is 112 Å². The summed E-state index contributed by atoms with van der Waals surface area (Å²) in [6.45, 7) is 21.3. The van der Waals surface area contributed by atoms with Crippen LogP contribution in [0.4, 0.5) is 0 Å². The predicted octanol–water partition coefficient (Wildman–Crippen LogP) is 2.79. The van der Waals surface area contributed by atoms with Gasteiger partial charge in [0, 0.05) is 0 Å². The van der Waals surface area contributed by atoms with E-state index in [2.05, 4.69) is 81.4 Å². The number of hydrogen-bond donors (Lipinski definition) is 3. The normalized spacial score (nSPS) is 15.2. The first-order valence-corrected chi connectivity index (χ1v) is 15.5. The highest BCUT2D eigenvalue weighted by Crippen LogP contribution is 2.32. The van der Waals surface area contributed by atoms with Gasteiger partial charge in [-0.25, -0.2) is 0 Å². The molecular formula is C11H33N3Si3.